The number of fused-ring (bicyclic) bond motifs is 2. The van der Waals surface area contributed by atoms with E-state index in [4.69, 9.17) is 5.73 Å². The van der Waals surface area contributed by atoms with E-state index in [-0.39, 0.29) is 0 Å². The lowest BCUT2D eigenvalue weighted by molar-refractivity contribution is 0.703. The van der Waals surface area contributed by atoms with Crippen molar-refractivity contribution < 1.29 is 0 Å². The molecule has 104 valence electrons. The summed E-state index contributed by atoms with van der Waals surface area (Å²) in [6, 6.07) is 13.9. The zero-order valence-corrected chi connectivity index (χ0v) is 11.5. The van der Waals surface area contributed by atoms with Gasteiger partial charge in [0, 0.05) is 18.8 Å². The molecule has 5 heteroatoms. The highest BCUT2D eigenvalue weighted by atomic mass is 15.3. The van der Waals surface area contributed by atoms with Gasteiger partial charge in [-0.3, -0.25) is 0 Å². The third-order valence-corrected chi connectivity index (χ3v) is 3.94. The van der Waals surface area contributed by atoms with Crippen molar-refractivity contribution in [2.24, 2.45) is 0 Å². The molecule has 0 spiro atoms. The van der Waals surface area contributed by atoms with Gasteiger partial charge in [0.05, 0.1) is 5.52 Å². The molecule has 2 heterocycles. The molecule has 1 aliphatic heterocycles. The molecule has 0 atom stereocenters. The van der Waals surface area contributed by atoms with E-state index in [2.05, 4.69) is 26.1 Å². The summed E-state index contributed by atoms with van der Waals surface area (Å²) >= 11 is 0. The number of hydrogen-bond donors (Lipinski definition) is 1. The van der Waals surface area contributed by atoms with Crippen LogP contribution in [0.4, 0.5) is 11.6 Å². The van der Waals surface area contributed by atoms with Crippen molar-refractivity contribution in [3.05, 3.63) is 53.6 Å². The molecule has 3 aromatic rings. The summed E-state index contributed by atoms with van der Waals surface area (Å²) in [5.41, 5.74) is 11.1. The van der Waals surface area contributed by atoms with Crippen LogP contribution in [-0.4, -0.2) is 21.7 Å². The third kappa shape index (κ3) is 2.07. The predicted octanol–water partition coefficient (Wildman–Crippen LogP) is 2.17. The number of para-hydroxylation sites is 1. The first-order chi connectivity index (χ1) is 10.3. The topological polar surface area (TPSA) is 67.9 Å². The maximum absolute atomic E-state index is 6.09. The van der Waals surface area contributed by atoms with Crippen LogP contribution < -0.4 is 10.6 Å². The average molecular weight is 277 g/mol. The molecule has 0 fully saturated rings. The Balaban J connectivity index is 1.72. The minimum atomic E-state index is 0.669. The van der Waals surface area contributed by atoms with Gasteiger partial charge in [0.2, 0.25) is 5.95 Å². The largest absolute Gasteiger partial charge is 0.398 e. The number of nitrogen functional groups attached to an aromatic ring is 1. The second kappa shape index (κ2) is 4.70. The van der Waals surface area contributed by atoms with Crippen molar-refractivity contribution in [1.82, 2.24) is 15.2 Å². The molecule has 1 aromatic heterocycles. The summed E-state index contributed by atoms with van der Waals surface area (Å²) in [5, 5.41) is 8.51. The zero-order valence-electron chi connectivity index (χ0n) is 11.5. The van der Waals surface area contributed by atoms with Gasteiger partial charge < -0.3 is 10.6 Å². The summed E-state index contributed by atoms with van der Waals surface area (Å²) in [6.45, 7) is 1.62. The van der Waals surface area contributed by atoms with Gasteiger partial charge in [0.1, 0.15) is 5.52 Å². The van der Waals surface area contributed by atoms with Crippen LogP contribution in [0, 0.1) is 0 Å². The molecule has 0 aliphatic carbocycles. The first-order valence-electron chi connectivity index (χ1n) is 7.02. The molecular formula is C16H15N5. The molecule has 5 nitrogen and oxygen atoms in total. The number of nitrogens with zero attached hydrogens (tertiary/aromatic N) is 4. The molecule has 0 unspecified atom stereocenters. The van der Waals surface area contributed by atoms with Gasteiger partial charge >= 0.3 is 0 Å². The Morgan fingerprint density at radius 3 is 2.71 bits per heavy atom. The highest BCUT2D eigenvalue weighted by Crippen LogP contribution is 2.26. The Morgan fingerprint density at radius 1 is 0.952 bits per heavy atom. The Hall–Kier alpha value is -2.69. The number of rotatable bonds is 1. The molecule has 1 aliphatic rings. The van der Waals surface area contributed by atoms with Gasteiger partial charge in [-0.2, -0.15) is 0 Å². The first kappa shape index (κ1) is 12.1. The van der Waals surface area contributed by atoms with Gasteiger partial charge in [0.25, 0.3) is 0 Å². The Kier molecular flexibility index (Phi) is 2.70. The highest BCUT2D eigenvalue weighted by Gasteiger charge is 2.20. The van der Waals surface area contributed by atoms with Crippen LogP contribution in [0.15, 0.2) is 42.5 Å². The number of nitrogens with two attached hydrogens (primary N) is 1. The lowest BCUT2D eigenvalue weighted by atomic mass is 9.98. The Bertz CT molecular complexity index is 815. The van der Waals surface area contributed by atoms with Crippen LogP contribution in [0.2, 0.25) is 0 Å². The molecule has 0 radical (unpaired) electrons. The lowest BCUT2D eigenvalue weighted by Crippen LogP contribution is -2.32. The van der Waals surface area contributed by atoms with Crippen molar-refractivity contribution >= 4 is 22.7 Å². The Labute approximate surface area is 122 Å². The molecule has 0 saturated carbocycles. The SMILES string of the molecule is Nc1cccc2c1CN(c1nnc3ccccc3n1)CC2. The summed E-state index contributed by atoms with van der Waals surface area (Å²) in [5.74, 6) is 0.669. The van der Waals surface area contributed by atoms with E-state index in [1.165, 1.54) is 11.1 Å². The molecule has 2 aromatic carbocycles. The summed E-state index contributed by atoms with van der Waals surface area (Å²) in [7, 11) is 0. The zero-order chi connectivity index (χ0) is 14.2. The third-order valence-electron chi connectivity index (χ3n) is 3.94. The van der Waals surface area contributed by atoms with Crippen molar-refractivity contribution in [1.29, 1.82) is 0 Å². The minimum absolute atomic E-state index is 0.669. The van der Waals surface area contributed by atoms with Gasteiger partial charge in [0.15, 0.2) is 0 Å². The standard InChI is InChI=1S/C16H15N5/c17-13-5-3-4-11-8-9-21(10-12(11)13)16-18-14-6-1-2-7-15(14)19-20-16/h1-7H,8-10,17H2. The van der Waals surface area contributed by atoms with E-state index in [0.717, 1.165) is 36.2 Å². The van der Waals surface area contributed by atoms with E-state index < -0.39 is 0 Å². The maximum atomic E-state index is 6.09. The van der Waals surface area contributed by atoms with E-state index in [0.29, 0.717) is 5.95 Å². The molecule has 21 heavy (non-hydrogen) atoms. The van der Waals surface area contributed by atoms with Crippen LogP contribution in [0.1, 0.15) is 11.1 Å². The summed E-state index contributed by atoms with van der Waals surface area (Å²) in [4.78, 5) is 6.75. The van der Waals surface area contributed by atoms with Gasteiger partial charge in [-0.25, -0.2) is 4.98 Å². The van der Waals surface area contributed by atoms with Crippen LogP contribution in [-0.2, 0) is 13.0 Å². The number of benzene rings is 2. The molecular weight excluding hydrogens is 262 g/mol. The minimum Gasteiger partial charge on any atom is -0.398 e. The van der Waals surface area contributed by atoms with E-state index in [1.807, 2.05) is 36.4 Å². The predicted molar refractivity (Wildman–Crippen MR) is 82.9 cm³/mol. The van der Waals surface area contributed by atoms with Crippen LogP contribution >= 0.6 is 0 Å². The molecule has 0 saturated heterocycles. The number of anilines is 2. The second-order valence-corrected chi connectivity index (χ2v) is 5.26. The maximum Gasteiger partial charge on any atom is 0.246 e. The second-order valence-electron chi connectivity index (χ2n) is 5.26. The number of aromatic nitrogens is 3. The first-order valence-corrected chi connectivity index (χ1v) is 7.02. The normalized spacial score (nSPS) is 14.2. The number of hydrogen-bond acceptors (Lipinski definition) is 5. The lowest BCUT2D eigenvalue weighted by Gasteiger charge is -2.29. The Morgan fingerprint density at radius 2 is 1.81 bits per heavy atom. The van der Waals surface area contributed by atoms with Crippen molar-refractivity contribution in [3.8, 4) is 0 Å². The molecule has 4 rings (SSSR count). The van der Waals surface area contributed by atoms with E-state index in [1.54, 1.807) is 0 Å². The fourth-order valence-corrected chi connectivity index (χ4v) is 2.78. The van der Waals surface area contributed by atoms with Gasteiger partial charge in [-0.05, 0) is 35.7 Å². The summed E-state index contributed by atoms with van der Waals surface area (Å²) in [6.07, 6.45) is 0.955. The molecule has 0 bridgehead atoms. The van der Waals surface area contributed by atoms with Gasteiger partial charge in [-0.15, -0.1) is 10.2 Å². The van der Waals surface area contributed by atoms with E-state index >= 15 is 0 Å². The quantitative estimate of drug-likeness (QED) is 0.690. The monoisotopic (exact) mass is 277 g/mol. The summed E-state index contributed by atoms with van der Waals surface area (Å²) < 4.78 is 0. The average Bonchev–Trinajstić information content (AvgIpc) is 2.54. The molecule has 2 N–H and O–H groups in total. The fraction of sp³-hybridized carbons (Fsp3) is 0.188. The van der Waals surface area contributed by atoms with Crippen molar-refractivity contribution in [2.75, 3.05) is 17.2 Å². The van der Waals surface area contributed by atoms with Crippen molar-refractivity contribution in [3.63, 3.8) is 0 Å². The van der Waals surface area contributed by atoms with Crippen LogP contribution in [0.5, 0.6) is 0 Å². The van der Waals surface area contributed by atoms with Crippen LogP contribution in [0.3, 0.4) is 0 Å². The van der Waals surface area contributed by atoms with Crippen LogP contribution in [0.25, 0.3) is 11.0 Å². The van der Waals surface area contributed by atoms with E-state index in [9.17, 15) is 0 Å². The fourth-order valence-electron chi connectivity index (χ4n) is 2.78. The smallest absolute Gasteiger partial charge is 0.246 e. The van der Waals surface area contributed by atoms with Gasteiger partial charge in [-0.1, -0.05) is 24.3 Å². The molecule has 0 amide bonds. The highest BCUT2D eigenvalue weighted by molar-refractivity contribution is 5.74. The van der Waals surface area contributed by atoms with Crippen molar-refractivity contribution in [2.45, 2.75) is 13.0 Å².